The van der Waals surface area contributed by atoms with Crippen LogP contribution in [0.3, 0.4) is 0 Å². The first-order valence-corrected chi connectivity index (χ1v) is 6.81. The molecule has 7 nitrogen and oxygen atoms in total. The first kappa shape index (κ1) is 18.2. The topological polar surface area (TPSA) is 113 Å². The number of hydrogen-bond acceptors (Lipinski definition) is 3. The maximum absolute atomic E-state index is 12.0. The summed E-state index contributed by atoms with van der Waals surface area (Å²) in [6, 6.07) is -0.460. The Bertz CT molecular complexity index is 360. The highest BCUT2D eigenvalue weighted by Gasteiger charge is 2.32. The van der Waals surface area contributed by atoms with Crippen LogP contribution in [-0.2, 0) is 9.59 Å². The van der Waals surface area contributed by atoms with Crippen LogP contribution in [0.4, 0.5) is 4.79 Å². The number of hydrogen-bond donors (Lipinski definition) is 3. The summed E-state index contributed by atoms with van der Waals surface area (Å²) in [6.07, 6.45) is 2.03. The molecule has 0 spiro atoms. The molecule has 1 unspecified atom stereocenters. The average molecular weight is 287 g/mol. The van der Waals surface area contributed by atoms with E-state index in [4.69, 9.17) is 10.8 Å². The van der Waals surface area contributed by atoms with Gasteiger partial charge in [-0.05, 0) is 19.8 Å². The number of aliphatic carboxylic acids is 1. The highest BCUT2D eigenvalue weighted by atomic mass is 16.4. The summed E-state index contributed by atoms with van der Waals surface area (Å²) in [6.45, 7) is 5.56. The van der Waals surface area contributed by atoms with Crippen LogP contribution in [0.25, 0.3) is 0 Å². The van der Waals surface area contributed by atoms with Crippen molar-refractivity contribution in [2.45, 2.75) is 40.0 Å². The Hall–Kier alpha value is -1.79. The molecule has 3 amide bonds. The van der Waals surface area contributed by atoms with Crippen molar-refractivity contribution in [1.29, 1.82) is 0 Å². The van der Waals surface area contributed by atoms with E-state index in [2.05, 4.69) is 5.32 Å². The number of amides is 3. The van der Waals surface area contributed by atoms with Gasteiger partial charge in [0.25, 0.3) is 0 Å². The predicted octanol–water partition coefficient (Wildman–Crippen LogP) is 0.784. The summed E-state index contributed by atoms with van der Waals surface area (Å²) in [7, 11) is 0. The lowest BCUT2D eigenvalue weighted by atomic mass is 9.88. The van der Waals surface area contributed by atoms with Crippen LogP contribution in [0, 0.1) is 5.41 Å². The second kappa shape index (κ2) is 8.39. The van der Waals surface area contributed by atoms with E-state index in [9.17, 15) is 14.4 Å². The number of carboxylic acid groups (broad SMARTS) is 1. The van der Waals surface area contributed by atoms with Gasteiger partial charge in [-0.15, -0.1) is 0 Å². The number of urea groups is 1. The van der Waals surface area contributed by atoms with Gasteiger partial charge in [-0.2, -0.15) is 0 Å². The van der Waals surface area contributed by atoms with Crippen molar-refractivity contribution in [3.05, 3.63) is 0 Å². The van der Waals surface area contributed by atoms with E-state index in [0.717, 1.165) is 12.8 Å². The second-order valence-electron chi connectivity index (χ2n) is 5.12. The van der Waals surface area contributed by atoms with Crippen molar-refractivity contribution >= 4 is 17.9 Å². The Kier molecular flexibility index (Phi) is 7.64. The monoisotopic (exact) mass is 287 g/mol. The number of unbranched alkanes of at least 4 members (excludes halogenated alkanes) is 1. The van der Waals surface area contributed by atoms with Crippen molar-refractivity contribution in [3.63, 3.8) is 0 Å². The van der Waals surface area contributed by atoms with Gasteiger partial charge < -0.3 is 21.1 Å². The zero-order valence-corrected chi connectivity index (χ0v) is 12.4. The smallest absolute Gasteiger partial charge is 0.317 e. The van der Waals surface area contributed by atoms with Gasteiger partial charge in [0.1, 0.15) is 6.54 Å². The minimum atomic E-state index is -1.02. The van der Waals surface area contributed by atoms with Crippen LogP contribution in [0.1, 0.15) is 40.0 Å². The van der Waals surface area contributed by atoms with Crippen molar-refractivity contribution in [2.75, 3.05) is 19.6 Å². The molecule has 1 atom stereocenters. The third-order valence-electron chi connectivity index (χ3n) is 3.34. The van der Waals surface area contributed by atoms with Gasteiger partial charge in [-0.1, -0.05) is 20.3 Å². The largest absolute Gasteiger partial charge is 0.481 e. The summed E-state index contributed by atoms with van der Waals surface area (Å²) in [5, 5.41) is 11.7. The molecule has 0 radical (unpaired) electrons. The van der Waals surface area contributed by atoms with Crippen LogP contribution >= 0.6 is 0 Å². The number of nitrogens with two attached hydrogens (primary N) is 1. The van der Waals surface area contributed by atoms with Gasteiger partial charge in [-0.3, -0.25) is 9.59 Å². The Morgan fingerprint density at radius 3 is 2.30 bits per heavy atom. The maximum Gasteiger partial charge on any atom is 0.317 e. The summed E-state index contributed by atoms with van der Waals surface area (Å²) in [5.41, 5.74) is 4.09. The number of nitrogens with zero attached hydrogens (tertiary/aromatic N) is 1. The summed E-state index contributed by atoms with van der Waals surface area (Å²) in [4.78, 5) is 35.4. The lowest BCUT2D eigenvalue weighted by Gasteiger charge is -2.26. The third kappa shape index (κ3) is 5.90. The minimum absolute atomic E-state index is 0.0129. The molecule has 0 heterocycles. The summed E-state index contributed by atoms with van der Waals surface area (Å²) in [5.74, 6) is -1.55. The molecule has 0 rings (SSSR count). The molecule has 116 valence electrons. The molecule has 0 aromatic carbocycles. The average Bonchev–Trinajstić information content (AvgIpc) is 2.39. The first-order chi connectivity index (χ1) is 9.26. The van der Waals surface area contributed by atoms with Crippen molar-refractivity contribution < 1.29 is 19.5 Å². The third-order valence-corrected chi connectivity index (χ3v) is 3.34. The van der Waals surface area contributed by atoms with Gasteiger partial charge in [0, 0.05) is 13.1 Å². The molecule has 7 heteroatoms. The van der Waals surface area contributed by atoms with E-state index in [1.165, 1.54) is 4.90 Å². The maximum atomic E-state index is 12.0. The second-order valence-corrected chi connectivity index (χ2v) is 5.12. The zero-order chi connectivity index (χ0) is 15.8. The molecule has 0 aromatic heterocycles. The molecular formula is C13H25N3O4. The summed E-state index contributed by atoms with van der Waals surface area (Å²) < 4.78 is 0. The molecule has 0 aliphatic rings. The van der Waals surface area contributed by atoms with Gasteiger partial charge in [0.15, 0.2) is 0 Å². The van der Waals surface area contributed by atoms with Crippen LogP contribution in [0.15, 0.2) is 0 Å². The van der Waals surface area contributed by atoms with Crippen molar-refractivity contribution in [2.24, 2.45) is 11.1 Å². The Morgan fingerprint density at radius 2 is 1.90 bits per heavy atom. The van der Waals surface area contributed by atoms with Crippen LogP contribution in [-0.4, -0.2) is 47.5 Å². The van der Waals surface area contributed by atoms with E-state index in [1.807, 2.05) is 6.92 Å². The number of carbonyl (C=O) groups excluding carboxylic acids is 2. The number of nitrogens with one attached hydrogen (secondary N) is 1. The van der Waals surface area contributed by atoms with E-state index in [1.54, 1.807) is 13.8 Å². The zero-order valence-electron chi connectivity index (χ0n) is 12.4. The van der Waals surface area contributed by atoms with E-state index >= 15 is 0 Å². The molecule has 0 bridgehead atoms. The molecule has 4 N–H and O–H groups in total. The van der Waals surface area contributed by atoms with Crippen LogP contribution in [0.5, 0.6) is 0 Å². The van der Waals surface area contributed by atoms with Gasteiger partial charge in [0.2, 0.25) is 5.91 Å². The SMILES string of the molecule is CCCCN(CC(N)=O)C(=O)NCC(C)(CC)C(=O)O. The molecule has 0 saturated heterocycles. The normalized spacial score (nSPS) is 13.3. The predicted molar refractivity (Wildman–Crippen MR) is 75.1 cm³/mol. The molecule has 0 aliphatic heterocycles. The molecule has 20 heavy (non-hydrogen) atoms. The van der Waals surface area contributed by atoms with E-state index in [0.29, 0.717) is 13.0 Å². The quantitative estimate of drug-likeness (QED) is 0.581. The highest BCUT2D eigenvalue weighted by molar-refractivity contribution is 5.83. The van der Waals surface area contributed by atoms with Crippen LogP contribution < -0.4 is 11.1 Å². The standard InChI is InChI=1S/C13H25N3O4/c1-4-6-7-16(8-10(14)17)12(20)15-9-13(3,5-2)11(18)19/h4-9H2,1-3H3,(H2,14,17)(H,15,20)(H,18,19). The minimum Gasteiger partial charge on any atom is -0.481 e. The van der Waals surface area contributed by atoms with E-state index in [-0.39, 0.29) is 13.1 Å². The number of carboxylic acids is 1. The van der Waals surface area contributed by atoms with E-state index < -0.39 is 23.3 Å². The number of primary amides is 1. The fourth-order valence-corrected chi connectivity index (χ4v) is 1.52. The highest BCUT2D eigenvalue weighted by Crippen LogP contribution is 2.19. The molecule has 0 saturated carbocycles. The van der Waals surface area contributed by atoms with Gasteiger partial charge >= 0.3 is 12.0 Å². The van der Waals surface area contributed by atoms with Crippen LogP contribution in [0.2, 0.25) is 0 Å². The van der Waals surface area contributed by atoms with Gasteiger partial charge in [0.05, 0.1) is 5.41 Å². The summed E-state index contributed by atoms with van der Waals surface area (Å²) >= 11 is 0. The first-order valence-electron chi connectivity index (χ1n) is 6.81. The molecule has 0 aromatic rings. The lowest BCUT2D eigenvalue weighted by molar-refractivity contribution is -0.147. The molecule has 0 aliphatic carbocycles. The Morgan fingerprint density at radius 1 is 1.30 bits per heavy atom. The molecule has 0 fully saturated rings. The number of rotatable bonds is 9. The lowest BCUT2D eigenvalue weighted by Crippen LogP contribution is -2.48. The Balaban J connectivity index is 4.59. The fourth-order valence-electron chi connectivity index (χ4n) is 1.52. The Labute approximate surface area is 119 Å². The van der Waals surface area contributed by atoms with Crippen molar-refractivity contribution in [1.82, 2.24) is 10.2 Å². The molecular weight excluding hydrogens is 262 g/mol. The fraction of sp³-hybridized carbons (Fsp3) is 0.769. The van der Waals surface area contributed by atoms with Gasteiger partial charge in [-0.25, -0.2) is 4.79 Å². The number of carbonyl (C=O) groups is 3. The van der Waals surface area contributed by atoms with Crippen molar-refractivity contribution in [3.8, 4) is 0 Å².